The van der Waals surface area contributed by atoms with E-state index in [2.05, 4.69) is 0 Å². The van der Waals surface area contributed by atoms with Crippen LogP contribution in [0.1, 0.15) is 18.2 Å². The third kappa shape index (κ3) is 2.39. The highest BCUT2D eigenvalue weighted by molar-refractivity contribution is 7.09. The van der Waals surface area contributed by atoms with Crippen LogP contribution in [-0.4, -0.2) is 28.4 Å². The van der Waals surface area contributed by atoms with Gasteiger partial charge < -0.3 is 10.0 Å². The summed E-state index contributed by atoms with van der Waals surface area (Å²) in [6, 6.07) is 3.99. The zero-order valence-corrected chi connectivity index (χ0v) is 10.3. The van der Waals surface area contributed by atoms with Gasteiger partial charge in [0.2, 0.25) is 5.91 Å². The lowest BCUT2D eigenvalue weighted by Crippen LogP contribution is -2.26. The van der Waals surface area contributed by atoms with Crippen LogP contribution in [0.25, 0.3) is 0 Å². The molecule has 0 atom stereocenters. The number of thiophene rings is 1. The summed E-state index contributed by atoms with van der Waals surface area (Å²) in [5, 5.41) is 10.9. The van der Waals surface area contributed by atoms with Crippen LogP contribution < -0.4 is 0 Å². The van der Waals surface area contributed by atoms with Crippen molar-refractivity contribution >= 4 is 23.2 Å². The molecule has 0 saturated carbocycles. The van der Waals surface area contributed by atoms with Gasteiger partial charge in [-0.3, -0.25) is 4.79 Å². The van der Waals surface area contributed by atoms with Crippen LogP contribution in [0, 0.1) is 0 Å². The quantitative estimate of drug-likeness (QED) is 0.889. The second-order valence-corrected chi connectivity index (χ2v) is 4.95. The molecule has 90 valence electrons. The van der Waals surface area contributed by atoms with Crippen molar-refractivity contribution in [3.05, 3.63) is 33.7 Å². The van der Waals surface area contributed by atoms with E-state index in [0.717, 1.165) is 6.42 Å². The molecule has 0 saturated heterocycles. The van der Waals surface area contributed by atoms with E-state index in [4.69, 9.17) is 5.11 Å². The largest absolute Gasteiger partial charge is 0.478 e. The van der Waals surface area contributed by atoms with Crippen molar-refractivity contribution in [2.75, 3.05) is 6.54 Å². The zero-order chi connectivity index (χ0) is 12.4. The number of aliphatic carboxylic acids is 1. The summed E-state index contributed by atoms with van der Waals surface area (Å²) in [6.45, 7) is 2.25. The molecule has 0 spiro atoms. The number of carbonyl (C=O) groups excluding carboxylic acids is 1. The van der Waals surface area contributed by atoms with E-state index in [0.29, 0.717) is 12.2 Å². The van der Waals surface area contributed by atoms with Crippen molar-refractivity contribution in [2.45, 2.75) is 19.8 Å². The molecule has 5 heteroatoms. The number of carboxylic acids is 1. The molecule has 1 amide bonds. The Morgan fingerprint density at radius 3 is 2.88 bits per heavy atom. The molecule has 2 heterocycles. The van der Waals surface area contributed by atoms with E-state index in [-0.39, 0.29) is 17.9 Å². The molecule has 1 aliphatic heterocycles. The molecule has 0 aliphatic carbocycles. The number of nitrogens with zero attached hydrogens (tertiary/aromatic N) is 1. The average Bonchev–Trinajstić information content (AvgIpc) is 2.86. The second-order valence-electron chi connectivity index (χ2n) is 3.92. The average molecular weight is 251 g/mol. The van der Waals surface area contributed by atoms with Crippen LogP contribution in [0.2, 0.25) is 0 Å². The lowest BCUT2D eigenvalue weighted by Gasteiger charge is -2.17. The van der Waals surface area contributed by atoms with Crippen LogP contribution >= 0.6 is 11.3 Å². The highest BCUT2D eigenvalue weighted by atomic mass is 32.1. The third-order valence-corrected chi connectivity index (χ3v) is 3.83. The zero-order valence-electron chi connectivity index (χ0n) is 9.47. The predicted octanol–water partition coefficient (Wildman–Crippen LogP) is 1.88. The molecule has 17 heavy (non-hydrogen) atoms. The fraction of sp³-hybridized carbons (Fsp3) is 0.333. The molecule has 0 unspecified atom stereocenters. The van der Waals surface area contributed by atoms with Crippen LogP contribution in [0.5, 0.6) is 0 Å². The van der Waals surface area contributed by atoms with Gasteiger partial charge >= 0.3 is 5.97 Å². The molecule has 1 aliphatic rings. The van der Waals surface area contributed by atoms with E-state index in [1.165, 1.54) is 4.88 Å². The molecule has 1 aromatic rings. The number of carboxylic acid groups (broad SMARTS) is 1. The Morgan fingerprint density at radius 2 is 2.35 bits per heavy atom. The van der Waals surface area contributed by atoms with E-state index in [1.807, 2.05) is 17.5 Å². The topological polar surface area (TPSA) is 57.6 Å². The maximum absolute atomic E-state index is 11.7. The molecule has 1 N–H and O–H groups in total. The number of rotatable bonds is 4. The highest BCUT2D eigenvalue weighted by Crippen LogP contribution is 2.24. The standard InChI is InChI=1S/C12H13NO3S/c1-8-10(12(15)16)7-11(14)13(8)5-4-9-3-2-6-17-9/h2-3,6H,4-5,7H2,1H3,(H,15,16). The number of amides is 1. The van der Waals surface area contributed by atoms with Crippen molar-refractivity contribution in [3.8, 4) is 0 Å². The third-order valence-electron chi connectivity index (χ3n) is 2.89. The number of hydrogen-bond acceptors (Lipinski definition) is 3. The van der Waals surface area contributed by atoms with Crippen molar-refractivity contribution in [2.24, 2.45) is 0 Å². The Balaban J connectivity index is 2.06. The fourth-order valence-electron chi connectivity index (χ4n) is 1.92. The van der Waals surface area contributed by atoms with Crippen molar-refractivity contribution in [3.63, 3.8) is 0 Å². The van der Waals surface area contributed by atoms with Crippen LogP contribution in [0.3, 0.4) is 0 Å². The van der Waals surface area contributed by atoms with Gasteiger partial charge in [0.25, 0.3) is 0 Å². The minimum Gasteiger partial charge on any atom is -0.478 e. The number of carbonyl (C=O) groups is 2. The first-order valence-electron chi connectivity index (χ1n) is 5.35. The van der Waals surface area contributed by atoms with Gasteiger partial charge in [-0.1, -0.05) is 6.07 Å². The molecule has 0 aromatic carbocycles. The van der Waals surface area contributed by atoms with Crippen molar-refractivity contribution in [1.29, 1.82) is 0 Å². The van der Waals surface area contributed by atoms with Gasteiger partial charge in [0, 0.05) is 17.1 Å². The summed E-state index contributed by atoms with van der Waals surface area (Å²) in [7, 11) is 0. The minimum atomic E-state index is -0.991. The van der Waals surface area contributed by atoms with Gasteiger partial charge in [0.15, 0.2) is 0 Å². The Hall–Kier alpha value is -1.62. The van der Waals surface area contributed by atoms with E-state index < -0.39 is 5.97 Å². The maximum Gasteiger partial charge on any atom is 0.333 e. The Morgan fingerprint density at radius 1 is 1.59 bits per heavy atom. The monoisotopic (exact) mass is 251 g/mol. The fourth-order valence-corrected chi connectivity index (χ4v) is 2.62. The Kier molecular flexibility index (Phi) is 3.28. The maximum atomic E-state index is 11.7. The first-order chi connectivity index (χ1) is 8.09. The summed E-state index contributed by atoms with van der Waals surface area (Å²) < 4.78 is 0. The lowest BCUT2D eigenvalue weighted by molar-refractivity contribution is -0.134. The molecule has 0 bridgehead atoms. The highest BCUT2D eigenvalue weighted by Gasteiger charge is 2.30. The molecule has 0 fully saturated rings. The first-order valence-corrected chi connectivity index (χ1v) is 6.23. The van der Waals surface area contributed by atoms with Gasteiger partial charge in [-0.25, -0.2) is 4.79 Å². The smallest absolute Gasteiger partial charge is 0.333 e. The first kappa shape index (κ1) is 11.9. The summed E-state index contributed by atoms with van der Waals surface area (Å²) in [4.78, 5) is 25.4. The van der Waals surface area contributed by atoms with Crippen LogP contribution in [-0.2, 0) is 16.0 Å². The van der Waals surface area contributed by atoms with Crippen LogP contribution in [0.4, 0.5) is 0 Å². The van der Waals surface area contributed by atoms with Crippen molar-refractivity contribution < 1.29 is 14.7 Å². The van der Waals surface area contributed by atoms with Gasteiger partial charge in [0.05, 0.1) is 12.0 Å². The van der Waals surface area contributed by atoms with Crippen LogP contribution in [0.15, 0.2) is 28.8 Å². The normalized spacial score (nSPS) is 15.8. The van der Waals surface area contributed by atoms with E-state index in [9.17, 15) is 9.59 Å². The second kappa shape index (κ2) is 4.71. The number of hydrogen-bond donors (Lipinski definition) is 1. The van der Waals surface area contributed by atoms with Gasteiger partial charge in [-0.05, 0) is 24.8 Å². The molecule has 2 rings (SSSR count). The predicted molar refractivity (Wildman–Crippen MR) is 64.7 cm³/mol. The summed E-state index contributed by atoms with van der Waals surface area (Å²) in [6.07, 6.45) is 0.791. The van der Waals surface area contributed by atoms with Gasteiger partial charge in [-0.2, -0.15) is 0 Å². The Labute approximate surface area is 103 Å². The van der Waals surface area contributed by atoms with Gasteiger partial charge in [-0.15, -0.1) is 11.3 Å². The van der Waals surface area contributed by atoms with Crippen molar-refractivity contribution in [1.82, 2.24) is 4.90 Å². The molecule has 1 aromatic heterocycles. The summed E-state index contributed by atoms with van der Waals surface area (Å²) in [5.74, 6) is -1.11. The molecule has 0 radical (unpaired) electrons. The number of allylic oxidation sites excluding steroid dienone is 1. The van der Waals surface area contributed by atoms with E-state index in [1.54, 1.807) is 23.2 Å². The minimum absolute atomic E-state index is 0.0195. The van der Waals surface area contributed by atoms with Gasteiger partial charge in [0.1, 0.15) is 0 Å². The molecule has 4 nitrogen and oxygen atoms in total. The SMILES string of the molecule is CC1=C(C(=O)O)CC(=O)N1CCc1cccs1. The Bertz CT molecular complexity index is 476. The molecular formula is C12H13NO3S. The van der Waals surface area contributed by atoms with E-state index >= 15 is 0 Å². The summed E-state index contributed by atoms with van der Waals surface area (Å²) >= 11 is 1.65. The molecular weight excluding hydrogens is 238 g/mol. The lowest BCUT2D eigenvalue weighted by atomic mass is 10.2. The summed E-state index contributed by atoms with van der Waals surface area (Å²) in [5.41, 5.74) is 0.806.